The predicted molar refractivity (Wildman–Crippen MR) is 66.9 cm³/mol. The topological polar surface area (TPSA) is 38.0 Å². The van der Waals surface area contributed by atoms with Crippen LogP contribution in [-0.2, 0) is 6.54 Å². The van der Waals surface area contributed by atoms with E-state index < -0.39 is 6.10 Å². The van der Waals surface area contributed by atoms with E-state index in [2.05, 4.69) is 4.98 Å². The molecular formula is C13H13ClN2O. The third-order valence-corrected chi connectivity index (χ3v) is 3.34. The number of benzene rings is 1. The van der Waals surface area contributed by atoms with E-state index in [4.69, 9.17) is 11.6 Å². The zero-order valence-corrected chi connectivity index (χ0v) is 10.1. The molecule has 1 atom stereocenters. The summed E-state index contributed by atoms with van der Waals surface area (Å²) in [4.78, 5) is 4.50. The Morgan fingerprint density at radius 1 is 1.41 bits per heavy atom. The fraction of sp³-hybridized carbons (Fsp3) is 0.308. The molecule has 0 spiro atoms. The molecule has 0 amide bonds. The molecule has 1 aromatic heterocycles. The van der Waals surface area contributed by atoms with Crippen LogP contribution in [0.1, 0.15) is 24.8 Å². The largest absolute Gasteiger partial charge is 0.385 e. The Hall–Kier alpha value is -1.32. The van der Waals surface area contributed by atoms with Gasteiger partial charge >= 0.3 is 0 Å². The Bertz CT molecular complexity index is 550. The Labute approximate surface area is 105 Å². The second kappa shape index (κ2) is 4.17. The van der Waals surface area contributed by atoms with E-state index in [1.807, 2.05) is 35.0 Å². The second-order valence-electron chi connectivity index (χ2n) is 4.35. The molecule has 0 aliphatic carbocycles. The molecule has 88 valence electrons. The van der Waals surface area contributed by atoms with Gasteiger partial charge in [-0.3, -0.25) is 0 Å². The lowest BCUT2D eigenvalue weighted by Crippen LogP contribution is -2.14. The first kappa shape index (κ1) is 10.8. The zero-order chi connectivity index (χ0) is 11.8. The van der Waals surface area contributed by atoms with Crippen molar-refractivity contribution in [3.63, 3.8) is 0 Å². The number of hydrogen-bond acceptors (Lipinski definition) is 2. The molecule has 3 nitrogen and oxygen atoms in total. The minimum Gasteiger partial charge on any atom is -0.385 e. The van der Waals surface area contributed by atoms with Crippen molar-refractivity contribution in [3.8, 4) is 11.3 Å². The molecule has 2 aromatic rings. The van der Waals surface area contributed by atoms with E-state index in [0.717, 1.165) is 36.5 Å². The van der Waals surface area contributed by atoms with Crippen LogP contribution in [0.4, 0.5) is 0 Å². The number of imidazole rings is 1. The molecule has 0 fully saturated rings. The van der Waals surface area contributed by atoms with Crippen LogP contribution in [0.3, 0.4) is 0 Å². The number of fused-ring (bicyclic) bond motifs is 1. The van der Waals surface area contributed by atoms with Gasteiger partial charge < -0.3 is 9.67 Å². The fourth-order valence-electron chi connectivity index (χ4n) is 2.25. The molecule has 3 rings (SSSR count). The lowest BCUT2D eigenvalue weighted by Gasteiger charge is -2.18. The van der Waals surface area contributed by atoms with Crippen molar-refractivity contribution in [2.45, 2.75) is 25.5 Å². The summed E-state index contributed by atoms with van der Waals surface area (Å²) in [6, 6.07) is 7.62. The van der Waals surface area contributed by atoms with Crippen molar-refractivity contribution >= 4 is 11.6 Å². The molecule has 0 bridgehead atoms. The summed E-state index contributed by atoms with van der Waals surface area (Å²) in [5, 5.41) is 10.6. The summed E-state index contributed by atoms with van der Waals surface area (Å²) in [7, 11) is 0. The van der Waals surface area contributed by atoms with E-state index in [0.29, 0.717) is 5.02 Å². The Morgan fingerprint density at radius 2 is 2.29 bits per heavy atom. The lowest BCUT2D eigenvalue weighted by molar-refractivity contribution is 0.134. The zero-order valence-electron chi connectivity index (χ0n) is 9.31. The lowest BCUT2D eigenvalue weighted by atomic mass is 10.1. The highest BCUT2D eigenvalue weighted by Crippen LogP contribution is 2.28. The van der Waals surface area contributed by atoms with Gasteiger partial charge in [0, 0.05) is 23.3 Å². The third kappa shape index (κ3) is 1.96. The van der Waals surface area contributed by atoms with E-state index in [-0.39, 0.29) is 0 Å². The van der Waals surface area contributed by atoms with E-state index in [1.165, 1.54) is 0 Å². The first-order chi connectivity index (χ1) is 8.24. The van der Waals surface area contributed by atoms with Crippen LogP contribution in [-0.4, -0.2) is 14.7 Å². The Balaban J connectivity index is 2.05. The van der Waals surface area contributed by atoms with Crippen molar-refractivity contribution < 1.29 is 5.11 Å². The van der Waals surface area contributed by atoms with Crippen LogP contribution < -0.4 is 0 Å². The van der Waals surface area contributed by atoms with E-state index in [9.17, 15) is 5.11 Å². The Morgan fingerprint density at radius 3 is 3.06 bits per heavy atom. The minimum absolute atomic E-state index is 0.434. The average molecular weight is 249 g/mol. The standard InChI is InChI=1S/C13H13ClN2O/c14-10-4-1-3-9(7-10)11-8-16-6-2-5-12(17)13(16)15-11/h1,3-4,7-8,12,17H,2,5-6H2/t12-/m1/s1. The third-order valence-electron chi connectivity index (χ3n) is 3.10. The number of aromatic nitrogens is 2. The molecule has 2 heterocycles. The molecule has 17 heavy (non-hydrogen) atoms. The molecule has 0 saturated heterocycles. The molecule has 1 N–H and O–H groups in total. The SMILES string of the molecule is O[C@@H]1CCCn2cc(-c3cccc(Cl)c3)nc21. The van der Waals surface area contributed by atoms with Crippen LogP contribution in [0.15, 0.2) is 30.5 Å². The summed E-state index contributed by atoms with van der Waals surface area (Å²) in [5.74, 6) is 0.770. The maximum Gasteiger partial charge on any atom is 0.138 e. The summed E-state index contributed by atoms with van der Waals surface area (Å²) >= 11 is 5.97. The van der Waals surface area contributed by atoms with Gasteiger partial charge in [-0.2, -0.15) is 0 Å². The molecule has 4 heteroatoms. The highest BCUT2D eigenvalue weighted by molar-refractivity contribution is 6.30. The summed E-state index contributed by atoms with van der Waals surface area (Å²) in [6.07, 6.45) is 3.35. The number of nitrogens with zero attached hydrogens (tertiary/aromatic N) is 2. The van der Waals surface area contributed by atoms with E-state index in [1.54, 1.807) is 0 Å². The number of hydrogen-bond donors (Lipinski definition) is 1. The first-order valence-electron chi connectivity index (χ1n) is 5.75. The molecular weight excluding hydrogens is 236 g/mol. The van der Waals surface area contributed by atoms with Crippen LogP contribution in [0.25, 0.3) is 11.3 Å². The predicted octanol–water partition coefficient (Wildman–Crippen LogP) is 3.03. The van der Waals surface area contributed by atoms with Crippen molar-refractivity contribution in [3.05, 3.63) is 41.3 Å². The van der Waals surface area contributed by atoms with Gasteiger partial charge in [-0.1, -0.05) is 23.7 Å². The summed E-state index contributed by atoms with van der Waals surface area (Å²) in [5.41, 5.74) is 1.87. The van der Waals surface area contributed by atoms with Crippen LogP contribution in [0.5, 0.6) is 0 Å². The molecule has 1 aliphatic rings. The second-order valence-corrected chi connectivity index (χ2v) is 4.78. The number of aliphatic hydroxyl groups is 1. The molecule has 0 unspecified atom stereocenters. The summed E-state index contributed by atoms with van der Waals surface area (Å²) < 4.78 is 2.03. The van der Waals surface area contributed by atoms with Crippen LogP contribution >= 0.6 is 11.6 Å². The normalized spacial score (nSPS) is 19.1. The van der Waals surface area contributed by atoms with Crippen molar-refractivity contribution in [2.75, 3.05) is 0 Å². The van der Waals surface area contributed by atoms with Gasteiger partial charge in [0.1, 0.15) is 11.9 Å². The number of aliphatic hydroxyl groups excluding tert-OH is 1. The number of rotatable bonds is 1. The van der Waals surface area contributed by atoms with Crippen LogP contribution in [0.2, 0.25) is 5.02 Å². The summed E-state index contributed by atoms with van der Waals surface area (Å²) in [6.45, 7) is 0.931. The quantitative estimate of drug-likeness (QED) is 0.842. The maximum atomic E-state index is 9.87. The minimum atomic E-state index is -0.434. The Kier molecular flexibility index (Phi) is 2.65. The molecule has 0 radical (unpaired) electrons. The van der Waals surface area contributed by atoms with Gasteiger partial charge in [-0.25, -0.2) is 4.98 Å². The van der Waals surface area contributed by atoms with Crippen molar-refractivity contribution in [1.82, 2.24) is 9.55 Å². The van der Waals surface area contributed by atoms with Crippen molar-refractivity contribution in [1.29, 1.82) is 0 Å². The average Bonchev–Trinajstić information content (AvgIpc) is 2.74. The first-order valence-corrected chi connectivity index (χ1v) is 6.13. The van der Waals surface area contributed by atoms with Crippen LogP contribution in [0, 0.1) is 0 Å². The highest BCUT2D eigenvalue weighted by atomic mass is 35.5. The van der Waals surface area contributed by atoms with Crippen molar-refractivity contribution in [2.24, 2.45) is 0 Å². The van der Waals surface area contributed by atoms with Gasteiger partial charge in [0.2, 0.25) is 0 Å². The van der Waals surface area contributed by atoms with Gasteiger partial charge in [-0.05, 0) is 25.0 Å². The number of aryl methyl sites for hydroxylation is 1. The van der Waals surface area contributed by atoms with Gasteiger partial charge in [0.15, 0.2) is 0 Å². The number of halogens is 1. The van der Waals surface area contributed by atoms with E-state index >= 15 is 0 Å². The monoisotopic (exact) mass is 248 g/mol. The van der Waals surface area contributed by atoms with Gasteiger partial charge in [0.05, 0.1) is 5.69 Å². The molecule has 0 saturated carbocycles. The molecule has 1 aliphatic heterocycles. The highest BCUT2D eigenvalue weighted by Gasteiger charge is 2.21. The van der Waals surface area contributed by atoms with Gasteiger partial charge in [-0.15, -0.1) is 0 Å². The maximum absolute atomic E-state index is 9.87. The fourth-order valence-corrected chi connectivity index (χ4v) is 2.44. The van der Waals surface area contributed by atoms with Gasteiger partial charge in [0.25, 0.3) is 0 Å². The smallest absolute Gasteiger partial charge is 0.138 e. The molecule has 1 aromatic carbocycles.